The van der Waals surface area contributed by atoms with Gasteiger partial charge in [0.05, 0.1) is 6.04 Å². The number of primary amides is 1. The van der Waals surface area contributed by atoms with Crippen molar-refractivity contribution in [3.63, 3.8) is 0 Å². The summed E-state index contributed by atoms with van der Waals surface area (Å²) in [4.78, 5) is 31.4. The Bertz CT molecular complexity index is 1120. The Kier molecular flexibility index (Phi) is 11.3. The largest absolute Gasteiger partial charge is 0.369 e. The number of amides is 2. The lowest BCUT2D eigenvalue weighted by Gasteiger charge is -2.38. The Labute approximate surface area is 239 Å². The first-order valence-electron chi connectivity index (χ1n) is 14.8. The highest BCUT2D eigenvalue weighted by molar-refractivity contribution is 5.81. The average molecular weight is 541 g/mol. The fraction of sp³-hybridized carbons (Fsp3) is 0.441. The lowest BCUT2D eigenvalue weighted by Crippen LogP contribution is -2.37. The summed E-state index contributed by atoms with van der Waals surface area (Å²) >= 11 is 0. The van der Waals surface area contributed by atoms with Crippen LogP contribution in [0.2, 0.25) is 0 Å². The van der Waals surface area contributed by atoms with Crippen LogP contribution in [-0.2, 0) is 16.0 Å². The van der Waals surface area contributed by atoms with Gasteiger partial charge in [0, 0.05) is 30.8 Å². The molecule has 4 rings (SSSR count). The molecule has 2 unspecified atom stereocenters. The topological polar surface area (TPSA) is 88.3 Å². The SMILES string of the molecule is CC(CC(Cc1cccnc1)C(N)=O)C(=O)NCCCCC1CCN(C(c2ccccc2)c2ccccc2)CC1. The van der Waals surface area contributed by atoms with Gasteiger partial charge in [-0.15, -0.1) is 0 Å². The van der Waals surface area contributed by atoms with E-state index < -0.39 is 0 Å². The van der Waals surface area contributed by atoms with Gasteiger partial charge in [0.15, 0.2) is 0 Å². The molecule has 0 aliphatic carbocycles. The maximum atomic E-state index is 12.7. The quantitative estimate of drug-likeness (QED) is 0.263. The number of nitrogens with one attached hydrogen (secondary N) is 1. The molecule has 0 radical (unpaired) electrons. The molecule has 6 heteroatoms. The van der Waals surface area contributed by atoms with E-state index in [1.807, 2.05) is 19.1 Å². The summed E-state index contributed by atoms with van der Waals surface area (Å²) in [6.07, 6.45) is 10.1. The summed E-state index contributed by atoms with van der Waals surface area (Å²) in [7, 11) is 0. The summed E-state index contributed by atoms with van der Waals surface area (Å²) < 4.78 is 0. The molecule has 0 bridgehead atoms. The minimum atomic E-state index is -0.376. The van der Waals surface area contributed by atoms with Crippen LogP contribution in [0.15, 0.2) is 85.2 Å². The highest BCUT2D eigenvalue weighted by Crippen LogP contribution is 2.33. The number of piperidine rings is 1. The smallest absolute Gasteiger partial charge is 0.222 e. The molecule has 212 valence electrons. The lowest BCUT2D eigenvalue weighted by atomic mass is 9.88. The molecule has 6 nitrogen and oxygen atoms in total. The van der Waals surface area contributed by atoms with Crippen LogP contribution in [0.5, 0.6) is 0 Å². The molecular formula is C34H44N4O2. The molecule has 3 N–H and O–H groups in total. The minimum Gasteiger partial charge on any atom is -0.369 e. The van der Waals surface area contributed by atoms with Crippen LogP contribution < -0.4 is 11.1 Å². The Hall–Kier alpha value is -3.51. The van der Waals surface area contributed by atoms with Crippen LogP contribution in [-0.4, -0.2) is 41.3 Å². The van der Waals surface area contributed by atoms with Gasteiger partial charge in [-0.2, -0.15) is 0 Å². The molecule has 1 aliphatic rings. The van der Waals surface area contributed by atoms with Gasteiger partial charge >= 0.3 is 0 Å². The number of carbonyl (C=O) groups is 2. The molecule has 3 aromatic rings. The fourth-order valence-electron chi connectivity index (χ4n) is 5.97. The second-order valence-corrected chi connectivity index (χ2v) is 11.3. The highest BCUT2D eigenvalue weighted by Gasteiger charge is 2.27. The fourth-order valence-corrected chi connectivity index (χ4v) is 5.97. The minimum absolute atomic E-state index is 0.00129. The van der Waals surface area contributed by atoms with Crippen molar-refractivity contribution in [1.29, 1.82) is 0 Å². The van der Waals surface area contributed by atoms with Crippen molar-refractivity contribution in [2.75, 3.05) is 19.6 Å². The molecule has 2 amide bonds. The normalized spacial score (nSPS) is 15.9. The Morgan fingerprint density at radius 3 is 2.17 bits per heavy atom. The molecule has 1 aromatic heterocycles. The zero-order valence-corrected chi connectivity index (χ0v) is 23.8. The maximum Gasteiger partial charge on any atom is 0.222 e. The highest BCUT2D eigenvalue weighted by atomic mass is 16.2. The van der Waals surface area contributed by atoms with Crippen molar-refractivity contribution >= 4 is 11.8 Å². The first-order chi connectivity index (χ1) is 19.5. The second kappa shape index (κ2) is 15.3. The van der Waals surface area contributed by atoms with Gasteiger partial charge in [-0.3, -0.25) is 19.5 Å². The summed E-state index contributed by atoms with van der Waals surface area (Å²) in [6.45, 7) is 4.76. The molecule has 40 heavy (non-hydrogen) atoms. The monoisotopic (exact) mass is 540 g/mol. The van der Waals surface area contributed by atoms with E-state index in [2.05, 4.69) is 75.9 Å². The van der Waals surface area contributed by atoms with Crippen LogP contribution in [0.25, 0.3) is 0 Å². The van der Waals surface area contributed by atoms with Crippen LogP contribution in [0, 0.1) is 17.8 Å². The van der Waals surface area contributed by atoms with E-state index in [9.17, 15) is 9.59 Å². The number of benzene rings is 2. The third-order valence-corrected chi connectivity index (χ3v) is 8.28. The predicted molar refractivity (Wildman–Crippen MR) is 160 cm³/mol. The molecule has 0 saturated carbocycles. The number of aromatic nitrogens is 1. The van der Waals surface area contributed by atoms with Crippen molar-refractivity contribution in [2.24, 2.45) is 23.5 Å². The predicted octanol–water partition coefficient (Wildman–Crippen LogP) is 5.54. The van der Waals surface area contributed by atoms with Crippen LogP contribution >= 0.6 is 0 Å². The molecule has 2 heterocycles. The first-order valence-corrected chi connectivity index (χ1v) is 14.8. The van der Waals surface area contributed by atoms with Crippen molar-refractivity contribution in [3.05, 3.63) is 102 Å². The summed E-state index contributed by atoms with van der Waals surface area (Å²) in [5.41, 5.74) is 9.31. The summed E-state index contributed by atoms with van der Waals surface area (Å²) in [6, 6.07) is 25.8. The van der Waals surface area contributed by atoms with E-state index in [1.165, 1.54) is 30.4 Å². The molecule has 0 spiro atoms. The number of nitrogens with two attached hydrogens (primary N) is 1. The number of unbranched alkanes of at least 4 members (excludes halogenated alkanes) is 1. The number of carbonyl (C=O) groups excluding carboxylic acids is 2. The number of rotatable bonds is 14. The zero-order chi connectivity index (χ0) is 28.2. The van der Waals surface area contributed by atoms with Gasteiger partial charge in [0.1, 0.15) is 0 Å². The first kappa shape index (κ1) is 29.5. The summed E-state index contributed by atoms with van der Waals surface area (Å²) in [5.74, 6) is -0.270. The Morgan fingerprint density at radius 2 is 1.60 bits per heavy atom. The molecule has 1 aliphatic heterocycles. The molecule has 1 saturated heterocycles. The van der Waals surface area contributed by atoms with E-state index in [-0.39, 0.29) is 23.7 Å². The third kappa shape index (κ3) is 8.75. The molecule has 2 aromatic carbocycles. The number of hydrogen-bond acceptors (Lipinski definition) is 4. The molecule has 2 atom stereocenters. The Balaban J connectivity index is 1.16. The lowest BCUT2D eigenvalue weighted by molar-refractivity contribution is -0.126. The summed E-state index contributed by atoms with van der Waals surface area (Å²) in [5, 5.41) is 3.08. The van der Waals surface area contributed by atoms with Crippen molar-refractivity contribution < 1.29 is 9.59 Å². The third-order valence-electron chi connectivity index (χ3n) is 8.28. The average Bonchev–Trinajstić information content (AvgIpc) is 2.99. The number of pyridine rings is 1. The number of hydrogen-bond donors (Lipinski definition) is 2. The van der Waals surface area contributed by atoms with E-state index in [4.69, 9.17) is 5.73 Å². The maximum absolute atomic E-state index is 12.7. The van der Waals surface area contributed by atoms with Gasteiger partial charge < -0.3 is 11.1 Å². The van der Waals surface area contributed by atoms with Gasteiger partial charge in [0.25, 0.3) is 0 Å². The van der Waals surface area contributed by atoms with E-state index in [0.717, 1.165) is 37.4 Å². The van der Waals surface area contributed by atoms with Gasteiger partial charge in [-0.1, -0.05) is 86.5 Å². The zero-order valence-electron chi connectivity index (χ0n) is 23.8. The Morgan fingerprint density at radius 1 is 0.950 bits per heavy atom. The van der Waals surface area contributed by atoms with Crippen molar-refractivity contribution in [3.8, 4) is 0 Å². The van der Waals surface area contributed by atoms with Crippen LogP contribution in [0.1, 0.15) is 68.2 Å². The second-order valence-electron chi connectivity index (χ2n) is 11.3. The standard InChI is InChI=1S/C34H44N4O2/c1-26(23-31(33(35)39)24-28-12-10-19-36-25-28)34(40)37-20-9-8-11-27-17-21-38(22-18-27)32(29-13-4-2-5-14-29)30-15-6-3-7-16-30/h2-7,10,12-16,19,25-27,31-32H,8-9,11,17-18,20-24H2,1H3,(H2,35,39)(H,37,40). The van der Waals surface area contributed by atoms with E-state index in [0.29, 0.717) is 25.4 Å². The van der Waals surface area contributed by atoms with E-state index in [1.54, 1.807) is 12.4 Å². The van der Waals surface area contributed by atoms with Crippen LogP contribution in [0.4, 0.5) is 0 Å². The van der Waals surface area contributed by atoms with Crippen LogP contribution in [0.3, 0.4) is 0 Å². The number of nitrogens with zero attached hydrogens (tertiary/aromatic N) is 2. The van der Waals surface area contributed by atoms with Gasteiger partial charge in [-0.25, -0.2) is 0 Å². The molecule has 1 fully saturated rings. The van der Waals surface area contributed by atoms with Crippen molar-refractivity contribution in [1.82, 2.24) is 15.2 Å². The van der Waals surface area contributed by atoms with E-state index >= 15 is 0 Å². The van der Waals surface area contributed by atoms with Crippen molar-refractivity contribution in [2.45, 2.75) is 57.9 Å². The van der Waals surface area contributed by atoms with Gasteiger partial charge in [-0.05, 0) is 73.9 Å². The molecular weight excluding hydrogens is 496 g/mol. The van der Waals surface area contributed by atoms with Gasteiger partial charge in [0.2, 0.25) is 11.8 Å². The number of likely N-dealkylation sites (tertiary alicyclic amines) is 1.